The van der Waals surface area contributed by atoms with E-state index in [0.29, 0.717) is 6.61 Å². The molecule has 2 atom stereocenters. The van der Waals surface area contributed by atoms with E-state index in [-0.39, 0.29) is 23.8 Å². The van der Waals surface area contributed by atoms with Crippen molar-refractivity contribution < 1.29 is 9.47 Å². The van der Waals surface area contributed by atoms with E-state index in [9.17, 15) is 4.79 Å². The fourth-order valence-electron chi connectivity index (χ4n) is 1.84. The lowest BCUT2D eigenvalue weighted by molar-refractivity contribution is -0.0334. The van der Waals surface area contributed by atoms with Crippen molar-refractivity contribution in [2.75, 3.05) is 19.5 Å². The highest BCUT2D eigenvalue weighted by Gasteiger charge is 2.27. The minimum absolute atomic E-state index is 0.0550. The van der Waals surface area contributed by atoms with Gasteiger partial charge in [0.05, 0.1) is 12.7 Å². The van der Waals surface area contributed by atoms with Gasteiger partial charge in [0, 0.05) is 13.3 Å². The summed E-state index contributed by atoms with van der Waals surface area (Å²) in [6, 6.07) is 1.59. The van der Waals surface area contributed by atoms with Crippen molar-refractivity contribution in [3.63, 3.8) is 0 Å². The minimum atomic E-state index is -0.372. The zero-order valence-corrected chi connectivity index (χ0v) is 9.13. The lowest BCUT2D eigenvalue weighted by Crippen LogP contribution is -2.27. The Hall–Kier alpha value is -1.40. The van der Waals surface area contributed by atoms with Crippen LogP contribution in [0.3, 0.4) is 0 Å². The van der Waals surface area contributed by atoms with Crippen molar-refractivity contribution in [1.29, 1.82) is 0 Å². The van der Waals surface area contributed by atoms with Gasteiger partial charge >= 0.3 is 5.69 Å². The van der Waals surface area contributed by atoms with Crippen molar-refractivity contribution in [1.82, 2.24) is 9.55 Å². The molecule has 0 saturated carbocycles. The molecule has 0 unspecified atom stereocenters. The van der Waals surface area contributed by atoms with Gasteiger partial charge < -0.3 is 15.2 Å². The van der Waals surface area contributed by atoms with Crippen LogP contribution in [-0.4, -0.2) is 29.4 Å². The van der Waals surface area contributed by atoms with Crippen molar-refractivity contribution >= 4 is 5.82 Å². The zero-order valence-electron chi connectivity index (χ0n) is 9.13. The Morgan fingerprint density at radius 2 is 2.50 bits per heavy atom. The van der Waals surface area contributed by atoms with Gasteiger partial charge in [0.2, 0.25) is 0 Å². The first-order valence-corrected chi connectivity index (χ1v) is 5.20. The molecule has 1 aliphatic rings. The minimum Gasteiger partial charge on any atom is -0.383 e. The molecule has 2 N–H and O–H groups in total. The molecule has 6 nitrogen and oxygen atoms in total. The molecule has 2 rings (SSSR count). The molecule has 0 spiro atoms. The first-order chi connectivity index (χ1) is 7.70. The van der Waals surface area contributed by atoms with Crippen LogP contribution in [0.1, 0.15) is 19.1 Å². The molecule has 6 heteroatoms. The molecule has 1 aromatic heterocycles. The molecule has 0 bridgehead atoms. The predicted octanol–water partition coefficient (Wildman–Crippen LogP) is 0.150. The Kier molecular flexibility index (Phi) is 3.21. The SMILES string of the molecule is COC[C@@H]1CC[C@@H](n2ccc(N)nc2=O)O1. The topological polar surface area (TPSA) is 79.4 Å². The van der Waals surface area contributed by atoms with Crippen LogP contribution < -0.4 is 11.4 Å². The third kappa shape index (κ3) is 2.23. The number of hydrogen-bond donors (Lipinski definition) is 1. The number of nitrogens with two attached hydrogens (primary N) is 1. The van der Waals surface area contributed by atoms with Gasteiger partial charge in [-0.1, -0.05) is 0 Å². The smallest absolute Gasteiger partial charge is 0.351 e. The van der Waals surface area contributed by atoms with Gasteiger partial charge in [-0.2, -0.15) is 4.98 Å². The average molecular weight is 225 g/mol. The summed E-state index contributed by atoms with van der Waals surface area (Å²) in [6.07, 6.45) is 3.10. The summed E-state index contributed by atoms with van der Waals surface area (Å²) < 4.78 is 12.1. The van der Waals surface area contributed by atoms with Gasteiger partial charge in [-0.25, -0.2) is 4.79 Å². The summed E-state index contributed by atoms with van der Waals surface area (Å²) >= 11 is 0. The monoisotopic (exact) mass is 225 g/mol. The van der Waals surface area contributed by atoms with Gasteiger partial charge in [0.25, 0.3) is 0 Å². The van der Waals surface area contributed by atoms with Crippen molar-refractivity contribution in [2.45, 2.75) is 25.2 Å². The van der Waals surface area contributed by atoms with E-state index < -0.39 is 0 Å². The van der Waals surface area contributed by atoms with Crippen LogP contribution in [0.15, 0.2) is 17.1 Å². The Balaban J connectivity index is 2.11. The molecule has 0 amide bonds. The van der Waals surface area contributed by atoms with E-state index in [0.717, 1.165) is 12.8 Å². The molecular weight excluding hydrogens is 210 g/mol. The molecule has 1 fully saturated rings. The van der Waals surface area contributed by atoms with E-state index in [2.05, 4.69) is 4.98 Å². The Morgan fingerprint density at radius 1 is 1.69 bits per heavy atom. The molecule has 88 valence electrons. The number of hydrogen-bond acceptors (Lipinski definition) is 5. The van der Waals surface area contributed by atoms with Crippen LogP contribution in [0, 0.1) is 0 Å². The van der Waals surface area contributed by atoms with Gasteiger partial charge in [0.15, 0.2) is 0 Å². The summed E-state index contributed by atoms with van der Waals surface area (Å²) in [7, 11) is 1.63. The van der Waals surface area contributed by atoms with Gasteiger partial charge in [-0.3, -0.25) is 4.57 Å². The number of nitrogens with zero attached hydrogens (tertiary/aromatic N) is 2. The van der Waals surface area contributed by atoms with E-state index >= 15 is 0 Å². The van der Waals surface area contributed by atoms with Crippen LogP contribution in [-0.2, 0) is 9.47 Å². The van der Waals surface area contributed by atoms with Crippen LogP contribution in [0.5, 0.6) is 0 Å². The molecule has 0 aromatic carbocycles. The normalized spacial score (nSPS) is 24.8. The average Bonchev–Trinajstić information content (AvgIpc) is 2.67. The maximum Gasteiger partial charge on any atom is 0.351 e. The third-order valence-corrected chi connectivity index (χ3v) is 2.60. The largest absolute Gasteiger partial charge is 0.383 e. The van der Waals surface area contributed by atoms with E-state index in [1.807, 2.05) is 0 Å². The van der Waals surface area contributed by atoms with Gasteiger partial charge in [-0.15, -0.1) is 0 Å². The first kappa shape index (κ1) is 11.1. The summed E-state index contributed by atoms with van der Waals surface area (Å²) in [5.41, 5.74) is 5.04. The molecular formula is C10H15N3O3. The Morgan fingerprint density at radius 3 is 3.19 bits per heavy atom. The highest BCUT2D eigenvalue weighted by molar-refractivity contribution is 5.23. The van der Waals surface area contributed by atoms with E-state index in [1.165, 1.54) is 4.57 Å². The lowest BCUT2D eigenvalue weighted by Gasteiger charge is -2.14. The number of aromatic nitrogens is 2. The second kappa shape index (κ2) is 4.63. The molecule has 1 aromatic rings. The maximum atomic E-state index is 11.6. The highest BCUT2D eigenvalue weighted by Crippen LogP contribution is 2.26. The van der Waals surface area contributed by atoms with Crippen LogP contribution in [0.2, 0.25) is 0 Å². The summed E-state index contributed by atoms with van der Waals surface area (Å²) in [5.74, 6) is 0.229. The second-order valence-electron chi connectivity index (χ2n) is 3.79. The molecule has 1 saturated heterocycles. The third-order valence-electron chi connectivity index (χ3n) is 2.60. The second-order valence-corrected chi connectivity index (χ2v) is 3.79. The Bertz CT molecular complexity index is 418. The summed E-state index contributed by atoms with van der Waals surface area (Å²) in [5, 5.41) is 0. The molecule has 16 heavy (non-hydrogen) atoms. The standard InChI is InChI=1S/C10H15N3O3/c1-15-6-7-2-3-9(16-7)13-5-4-8(11)12-10(13)14/h4-5,7,9H,2-3,6H2,1H3,(H2,11,12,14)/t7-,9-/m0/s1. The fraction of sp³-hybridized carbons (Fsp3) is 0.600. The number of methoxy groups -OCH3 is 1. The highest BCUT2D eigenvalue weighted by atomic mass is 16.5. The quantitative estimate of drug-likeness (QED) is 0.792. The van der Waals surface area contributed by atoms with Crippen molar-refractivity contribution in [2.24, 2.45) is 0 Å². The Labute approximate surface area is 93.0 Å². The van der Waals surface area contributed by atoms with E-state index in [1.54, 1.807) is 19.4 Å². The number of anilines is 1. The summed E-state index contributed by atoms with van der Waals surface area (Å²) in [6.45, 7) is 0.549. The van der Waals surface area contributed by atoms with Crippen LogP contribution in [0.25, 0.3) is 0 Å². The van der Waals surface area contributed by atoms with Crippen LogP contribution in [0.4, 0.5) is 5.82 Å². The number of rotatable bonds is 3. The molecule has 0 aliphatic carbocycles. The summed E-state index contributed by atoms with van der Waals surface area (Å²) in [4.78, 5) is 15.2. The first-order valence-electron chi connectivity index (χ1n) is 5.20. The maximum absolute atomic E-state index is 11.6. The van der Waals surface area contributed by atoms with Crippen LogP contribution >= 0.6 is 0 Å². The molecule has 1 aliphatic heterocycles. The van der Waals surface area contributed by atoms with Gasteiger partial charge in [0.1, 0.15) is 12.0 Å². The fourth-order valence-corrected chi connectivity index (χ4v) is 1.84. The molecule has 2 heterocycles. The van der Waals surface area contributed by atoms with E-state index in [4.69, 9.17) is 15.2 Å². The lowest BCUT2D eigenvalue weighted by atomic mass is 10.2. The van der Waals surface area contributed by atoms with Gasteiger partial charge in [-0.05, 0) is 18.9 Å². The molecule has 0 radical (unpaired) electrons. The zero-order chi connectivity index (χ0) is 11.5. The van der Waals surface area contributed by atoms with Crippen molar-refractivity contribution in [3.05, 3.63) is 22.7 Å². The number of nitrogen functional groups attached to an aromatic ring is 1. The van der Waals surface area contributed by atoms with Crippen molar-refractivity contribution in [3.8, 4) is 0 Å². The number of ether oxygens (including phenoxy) is 2. The predicted molar refractivity (Wildman–Crippen MR) is 57.9 cm³/mol.